The van der Waals surface area contributed by atoms with Crippen LogP contribution in [0, 0.1) is 0 Å². The molecule has 7 aromatic rings. The summed E-state index contributed by atoms with van der Waals surface area (Å²) in [6.45, 7) is 13.6. The van der Waals surface area contributed by atoms with Crippen molar-refractivity contribution in [1.29, 1.82) is 0 Å². The van der Waals surface area contributed by atoms with Gasteiger partial charge in [-0.1, -0.05) is 138 Å². The second-order valence-corrected chi connectivity index (χ2v) is 15.8. The second kappa shape index (κ2) is 12.9. The Morgan fingerprint density at radius 2 is 0.769 bits per heavy atom. The van der Waals surface area contributed by atoms with E-state index in [-0.39, 0.29) is 10.8 Å². The number of anilines is 6. The summed E-state index contributed by atoms with van der Waals surface area (Å²) in [6.07, 6.45) is 4.20. The van der Waals surface area contributed by atoms with E-state index in [4.69, 9.17) is 0 Å². The Morgan fingerprint density at radius 1 is 0.365 bits per heavy atom. The van der Waals surface area contributed by atoms with Gasteiger partial charge in [0.05, 0.1) is 11.4 Å². The molecule has 52 heavy (non-hydrogen) atoms. The largest absolute Gasteiger partial charge is 0.310 e. The first kappa shape index (κ1) is 33.1. The van der Waals surface area contributed by atoms with Gasteiger partial charge in [0, 0.05) is 39.3 Å². The van der Waals surface area contributed by atoms with Crippen molar-refractivity contribution in [1.82, 2.24) is 0 Å². The van der Waals surface area contributed by atoms with Crippen LogP contribution in [0.5, 0.6) is 0 Å². The molecule has 0 heterocycles. The molecule has 7 aromatic carbocycles. The minimum absolute atomic E-state index is 0.0649. The Kier molecular flexibility index (Phi) is 8.24. The first-order chi connectivity index (χ1) is 25.1. The summed E-state index contributed by atoms with van der Waals surface area (Å²) >= 11 is 0. The maximum atomic E-state index is 3.32. The van der Waals surface area contributed by atoms with Gasteiger partial charge in [0.15, 0.2) is 0 Å². The molecule has 2 heteroatoms. The predicted octanol–water partition coefficient (Wildman–Crippen LogP) is 14.3. The van der Waals surface area contributed by atoms with Gasteiger partial charge in [-0.15, -0.1) is 0 Å². The number of hydrogen-bond donors (Lipinski definition) is 0. The molecule has 0 aliphatic heterocycles. The van der Waals surface area contributed by atoms with Crippen LogP contribution in [0.4, 0.5) is 34.1 Å². The fraction of sp³-hybridized carbons (Fsp3) is 0.160. The Bertz CT molecular complexity index is 2520. The number of fused-ring (bicyclic) bond motifs is 5. The zero-order valence-electron chi connectivity index (χ0n) is 30.9. The van der Waals surface area contributed by atoms with Gasteiger partial charge in [0.25, 0.3) is 0 Å². The van der Waals surface area contributed by atoms with Crippen LogP contribution in [-0.2, 0) is 10.8 Å². The molecule has 0 bridgehead atoms. The lowest BCUT2D eigenvalue weighted by molar-refractivity contribution is 0.590. The first-order valence-electron chi connectivity index (χ1n) is 18.2. The van der Waals surface area contributed by atoms with E-state index in [1.165, 1.54) is 32.7 Å². The van der Waals surface area contributed by atoms with Crippen LogP contribution in [-0.4, -0.2) is 0 Å². The van der Waals surface area contributed by atoms with Crippen molar-refractivity contribution in [2.45, 2.75) is 52.4 Å². The highest BCUT2D eigenvalue weighted by Gasteiger charge is 2.25. The Hall–Kier alpha value is -6.04. The van der Waals surface area contributed by atoms with Gasteiger partial charge < -0.3 is 9.80 Å². The quantitative estimate of drug-likeness (QED) is 0.128. The van der Waals surface area contributed by atoms with Crippen LogP contribution < -0.4 is 9.80 Å². The fourth-order valence-electron chi connectivity index (χ4n) is 7.39. The summed E-state index contributed by atoms with van der Waals surface area (Å²) in [4.78, 5) is 4.79. The number of hydrogen-bond acceptors (Lipinski definition) is 2. The summed E-state index contributed by atoms with van der Waals surface area (Å²) in [7, 11) is 0. The van der Waals surface area contributed by atoms with E-state index in [0.717, 1.165) is 45.3 Å². The fourth-order valence-corrected chi connectivity index (χ4v) is 7.39. The highest BCUT2D eigenvalue weighted by molar-refractivity contribution is 6.18. The van der Waals surface area contributed by atoms with Gasteiger partial charge in [-0.2, -0.15) is 0 Å². The van der Waals surface area contributed by atoms with Crippen LogP contribution in [0.2, 0.25) is 0 Å². The van der Waals surface area contributed by atoms with Gasteiger partial charge >= 0.3 is 0 Å². The summed E-state index contributed by atoms with van der Waals surface area (Å²) in [6, 6.07) is 53.1. The average molecular weight is 673 g/mol. The van der Waals surface area contributed by atoms with Crippen molar-refractivity contribution in [3.8, 4) is 0 Å². The molecule has 0 radical (unpaired) electrons. The average Bonchev–Trinajstić information content (AvgIpc) is 3.16. The zero-order chi connectivity index (χ0) is 36.0. The molecule has 0 aromatic heterocycles. The molecular weight excluding hydrogens is 629 g/mol. The molecule has 0 saturated carbocycles. The molecule has 8 rings (SSSR count). The van der Waals surface area contributed by atoms with Crippen LogP contribution in [0.1, 0.15) is 63.8 Å². The van der Waals surface area contributed by atoms with Gasteiger partial charge in [-0.3, -0.25) is 0 Å². The number of nitrogens with zero attached hydrogens (tertiary/aromatic N) is 2. The molecule has 1 aliphatic carbocycles. The lowest BCUT2D eigenvalue weighted by Gasteiger charge is -2.31. The molecule has 0 N–H and O–H groups in total. The van der Waals surface area contributed by atoms with E-state index < -0.39 is 0 Å². The SMILES string of the molecule is CC(C)(C)c1ccc(N(c2ccccc2)c2cc3c(cc(N(c4ccccc4)c4ccc(C(C)(C)C)cc4)c4ccccc43)c3c2C=C=C=C3)cc1. The van der Waals surface area contributed by atoms with E-state index >= 15 is 0 Å². The number of benzene rings is 7. The highest BCUT2D eigenvalue weighted by atomic mass is 15.2. The van der Waals surface area contributed by atoms with E-state index in [1.54, 1.807) is 0 Å². The van der Waals surface area contributed by atoms with Gasteiger partial charge in [0.2, 0.25) is 0 Å². The van der Waals surface area contributed by atoms with Crippen LogP contribution in [0.3, 0.4) is 0 Å². The van der Waals surface area contributed by atoms with Gasteiger partial charge in [0.1, 0.15) is 0 Å². The topological polar surface area (TPSA) is 6.48 Å². The van der Waals surface area contributed by atoms with Crippen molar-refractivity contribution in [3.05, 3.63) is 179 Å². The van der Waals surface area contributed by atoms with Crippen molar-refractivity contribution < 1.29 is 0 Å². The number of rotatable bonds is 6. The third-order valence-electron chi connectivity index (χ3n) is 10.2. The molecule has 0 saturated heterocycles. The molecule has 0 unspecified atom stereocenters. The monoisotopic (exact) mass is 672 g/mol. The van der Waals surface area contributed by atoms with E-state index in [1.807, 2.05) is 0 Å². The molecule has 0 fully saturated rings. The smallest absolute Gasteiger partial charge is 0.0553 e. The molecule has 2 nitrogen and oxygen atoms in total. The Balaban J connectivity index is 1.41. The lowest BCUT2D eigenvalue weighted by Crippen LogP contribution is -2.15. The molecule has 0 spiro atoms. The lowest BCUT2D eigenvalue weighted by atomic mass is 9.87. The standard InChI is InChI=1S/C50H44N2/c1-49(2,3)35-25-29-39(30-26-35)51(37-17-9-7-10-18-37)47-33-45-42-22-14-16-24-44(42)48(34-46(45)41-21-13-15-23-43(41)47)52(38-19-11-8-12-20-38)40-31-27-36(28-32-40)50(4,5)6/h7-13,15,17-34H,1-6H3. The maximum absolute atomic E-state index is 3.32. The summed E-state index contributed by atoms with van der Waals surface area (Å²) in [5.74, 6) is 0. The van der Waals surface area contributed by atoms with Crippen molar-refractivity contribution in [3.63, 3.8) is 0 Å². The molecule has 1 aliphatic rings. The predicted molar refractivity (Wildman–Crippen MR) is 224 cm³/mol. The third kappa shape index (κ3) is 6.03. The summed E-state index contributed by atoms with van der Waals surface area (Å²) in [5, 5.41) is 4.77. The highest BCUT2D eigenvalue weighted by Crippen LogP contribution is 2.48. The van der Waals surface area contributed by atoms with Crippen LogP contribution in [0.15, 0.2) is 157 Å². The van der Waals surface area contributed by atoms with E-state index in [9.17, 15) is 0 Å². The summed E-state index contributed by atoms with van der Waals surface area (Å²) in [5.41, 5.74) is 18.4. The summed E-state index contributed by atoms with van der Waals surface area (Å²) < 4.78 is 0. The molecule has 0 atom stereocenters. The number of para-hydroxylation sites is 2. The molecule has 0 amide bonds. The van der Waals surface area contributed by atoms with Gasteiger partial charge in [-0.25, -0.2) is 0 Å². The maximum Gasteiger partial charge on any atom is 0.0553 e. The third-order valence-corrected chi connectivity index (χ3v) is 10.2. The van der Waals surface area contributed by atoms with Crippen molar-refractivity contribution >= 4 is 67.8 Å². The molecular formula is C50H44N2. The van der Waals surface area contributed by atoms with Crippen LogP contribution >= 0.6 is 0 Å². The van der Waals surface area contributed by atoms with Crippen molar-refractivity contribution in [2.24, 2.45) is 0 Å². The van der Waals surface area contributed by atoms with Crippen molar-refractivity contribution in [2.75, 3.05) is 9.80 Å². The minimum Gasteiger partial charge on any atom is -0.310 e. The normalized spacial score (nSPS) is 12.3. The van der Waals surface area contributed by atoms with E-state index in [0.29, 0.717) is 0 Å². The van der Waals surface area contributed by atoms with E-state index in [2.05, 4.69) is 221 Å². The molecule has 254 valence electrons. The second-order valence-electron chi connectivity index (χ2n) is 15.8. The Morgan fingerprint density at radius 3 is 1.27 bits per heavy atom. The van der Waals surface area contributed by atoms with Crippen LogP contribution in [0.25, 0.3) is 33.7 Å². The first-order valence-corrected chi connectivity index (χ1v) is 18.2. The van der Waals surface area contributed by atoms with Gasteiger partial charge in [-0.05, 0) is 111 Å². The zero-order valence-corrected chi connectivity index (χ0v) is 30.9. The minimum atomic E-state index is 0.0649. The Labute approximate surface area is 308 Å².